The second kappa shape index (κ2) is 5.65. The van der Waals surface area contributed by atoms with Gasteiger partial charge in [-0.1, -0.05) is 12.1 Å². The number of nitrogens with two attached hydrogens (primary N) is 1. The molecule has 0 saturated carbocycles. The summed E-state index contributed by atoms with van der Waals surface area (Å²) in [5.41, 5.74) is 8.63. The van der Waals surface area contributed by atoms with Gasteiger partial charge in [0.25, 0.3) is 5.91 Å². The van der Waals surface area contributed by atoms with E-state index in [4.69, 9.17) is 10.5 Å². The smallest absolute Gasteiger partial charge is 0.258 e. The minimum atomic E-state index is -0.120. The van der Waals surface area contributed by atoms with E-state index in [1.54, 1.807) is 25.1 Å². The highest BCUT2D eigenvalue weighted by atomic mass is 16.5. The van der Waals surface area contributed by atoms with Gasteiger partial charge in [0.15, 0.2) is 0 Å². The van der Waals surface area contributed by atoms with Crippen LogP contribution in [0.4, 0.5) is 11.4 Å². The lowest BCUT2D eigenvalue weighted by Crippen LogP contribution is -2.26. The number of amides is 1. The van der Waals surface area contributed by atoms with E-state index in [1.165, 1.54) is 0 Å². The minimum Gasteiger partial charge on any atom is -0.495 e. The Morgan fingerprint density at radius 1 is 1.20 bits per heavy atom. The number of nitrogens with zero attached hydrogens (tertiary/aromatic N) is 1. The fourth-order valence-corrected chi connectivity index (χ4v) is 2.15. The molecule has 0 spiro atoms. The minimum absolute atomic E-state index is 0.120. The number of para-hydroxylation sites is 2. The van der Waals surface area contributed by atoms with E-state index >= 15 is 0 Å². The molecule has 2 aromatic carbocycles. The maximum Gasteiger partial charge on any atom is 0.258 e. The molecule has 4 nitrogen and oxygen atoms in total. The zero-order valence-corrected chi connectivity index (χ0v) is 11.9. The van der Waals surface area contributed by atoms with E-state index in [1.807, 2.05) is 43.3 Å². The summed E-state index contributed by atoms with van der Waals surface area (Å²) in [7, 11) is 3.31. The molecule has 0 aliphatic heterocycles. The average molecular weight is 270 g/mol. The fourth-order valence-electron chi connectivity index (χ4n) is 2.15. The molecule has 2 N–H and O–H groups in total. The number of anilines is 2. The van der Waals surface area contributed by atoms with E-state index in [2.05, 4.69) is 0 Å². The Kier molecular flexibility index (Phi) is 3.94. The topological polar surface area (TPSA) is 55.6 Å². The molecular weight excluding hydrogens is 252 g/mol. The summed E-state index contributed by atoms with van der Waals surface area (Å²) < 4.78 is 5.28. The lowest BCUT2D eigenvalue weighted by molar-refractivity contribution is 0.0992. The Bertz CT molecular complexity index is 618. The lowest BCUT2D eigenvalue weighted by atomic mass is 10.1. The van der Waals surface area contributed by atoms with Crippen LogP contribution in [0.1, 0.15) is 15.9 Å². The molecular formula is C16H18N2O2. The molecule has 20 heavy (non-hydrogen) atoms. The molecule has 0 fully saturated rings. The average Bonchev–Trinajstić information content (AvgIpc) is 2.44. The van der Waals surface area contributed by atoms with Crippen LogP contribution in [-0.2, 0) is 0 Å². The Hall–Kier alpha value is -2.49. The van der Waals surface area contributed by atoms with E-state index in [-0.39, 0.29) is 5.91 Å². The summed E-state index contributed by atoms with van der Waals surface area (Å²) in [5, 5.41) is 0. The van der Waals surface area contributed by atoms with Gasteiger partial charge in [0.05, 0.1) is 12.8 Å². The summed E-state index contributed by atoms with van der Waals surface area (Å²) in [6, 6.07) is 12.7. The number of benzene rings is 2. The fraction of sp³-hybridized carbons (Fsp3) is 0.188. The van der Waals surface area contributed by atoms with Gasteiger partial charge in [-0.05, 0) is 42.8 Å². The highest BCUT2D eigenvalue weighted by molar-refractivity contribution is 6.07. The number of aryl methyl sites for hydroxylation is 1. The van der Waals surface area contributed by atoms with Crippen molar-refractivity contribution in [2.75, 3.05) is 24.8 Å². The van der Waals surface area contributed by atoms with Crippen LogP contribution < -0.4 is 15.4 Å². The summed E-state index contributed by atoms with van der Waals surface area (Å²) in [4.78, 5) is 14.1. The van der Waals surface area contributed by atoms with Gasteiger partial charge in [-0.2, -0.15) is 0 Å². The number of rotatable bonds is 3. The van der Waals surface area contributed by atoms with Crippen LogP contribution in [0.25, 0.3) is 0 Å². The Morgan fingerprint density at radius 2 is 1.90 bits per heavy atom. The maximum absolute atomic E-state index is 12.5. The van der Waals surface area contributed by atoms with Gasteiger partial charge in [0.2, 0.25) is 0 Å². The van der Waals surface area contributed by atoms with E-state index in [0.29, 0.717) is 17.0 Å². The standard InChI is InChI=1S/C16H18N2O2/c1-11-8-12(10-13(17)9-11)16(19)18(2)14-6-4-5-7-15(14)20-3/h4-10H,17H2,1-3H3. The largest absolute Gasteiger partial charge is 0.495 e. The van der Waals surface area contributed by atoms with Crippen LogP contribution in [-0.4, -0.2) is 20.1 Å². The molecule has 104 valence electrons. The SMILES string of the molecule is COc1ccccc1N(C)C(=O)c1cc(C)cc(N)c1. The van der Waals surface area contributed by atoms with Gasteiger partial charge < -0.3 is 15.4 Å². The van der Waals surface area contributed by atoms with E-state index in [9.17, 15) is 4.79 Å². The molecule has 0 saturated heterocycles. The summed E-state index contributed by atoms with van der Waals surface area (Å²) in [6.45, 7) is 1.91. The molecule has 0 heterocycles. The highest BCUT2D eigenvalue weighted by Crippen LogP contribution is 2.28. The number of hydrogen-bond acceptors (Lipinski definition) is 3. The number of nitrogen functional groups attached to an aromatic ring is 1. The third-order valence-electron chi connectivity index (χ3n) is 3.10. The molecule has 0 radical (unpaired) electrons. The number of methoxy groups -OCH3 is 1. The van der Waals surface area contributed by atoms with Crippen LogP contribution in [0, 0.1) is 6.92 Å². The quantitative estimate of drug-likeness (QED) is 0.872. The number of carbonyl (C=O) groups is 1. The molecule has 0 aliphatic rings. The molecule has 2 rings (SSSR count). The van der Waals surface area contributed by atoms with Crippen molar-refractivity contribution in [2.24, 2.45) is 0 Å². The van der Waals surface area contributed by atoms with Crippen LogP contribution in [0.15, 0.2) is 42.5 Å². The third kappa shape index (κ3) is 2.74. The van der Waals surface area contributed by atoms with Crippen molar-refractivity contribution in [3.05, 3.63) is 53.6 Å². The monoisotopic (exact) mass is 270 g/mol. The summed E-state index contributed by atoms with van der Waals surface area (Å²) in [6.07, 6.45) is 0. The molecule has 1 amide bonds. The first-order valence-electron chi connectivity index (χ1n) is 6.31. The summed E-state index contributed by atoms with van der Waals surface area (Å²) in [5.74, 6) is 0.536. The van der Waals surface area contributed by atoms with E-state index < -0.39 is 0 Å². The number of ether oxygens (including phenoxy) is 1. The van der Waals surface area contributed by atoms with Gasteiger partial charge in [-0.15, -0.1) is 0 Å². The normalized spacial score (nSPS) is 10.2. The van der Waals surface area contributed by atoms with E-state index in [0.717, 1.165) is 11.3 Å². The number of carbonyl (C=O) groups excluding carboxylic acids is 1. The molecule has 2 aromatic rings. The van der Waals surface area contributed by atoms with Crippen molar-refractivity contribution in [3.63, 3.8) is 0 Å². The van der Waals surface area contributed by atoms with Crippen LogP contribution in [0.2, 0.25) is 0 Å². The predicted molar refractivity (Wildman–Crippen MR) is 81.3 cm³/mol. The Balaban J connectivity index is 2.37. The maximum atomic E-state index is 12.5. The predicted octanol–water partition coefficient (Wildman–Crippen LogP) is 2.86. The van der Waals surface area contributed by atoms with Crippen molar-refractivity contribution in [1.82, 2.24) is 0 Å². The first kappa shape index (κ1) is 13.9. The summed E-state index contributed by atoms with van der Waals surface area (Å²) >= 11 is 0. The molecule has 0 unspecified atom stereocenters. The molecule has 4 heteroatoms. The lowest BCUT2D eigenvalue weighted by Gasteiger charge is -2.20. The van der Waals surface area contributed by atoms with Crippen LogP contribution >= 0.6 is 0 Å². The van der Waals surface area contributed by atoms with Gasteiger partial charge in [-0.3, -0.25) is 4.79 Å². The van der Waals surface area contributed by atoms with Gasteiger partial charge in [-0.25, -0.2) is 0 Å². The molecule has 0 aromatic heterocycles. The van der Waals surface area contributed by atoms with Crippen molar-refractivity contribution in [3.8, 4) is 5.75 Å². The van der Waals surface area contributed by atoms with Crippen molar-refractivity contribution >= 4 is 17.3 Å². The van der Waals surface area contributed by atoms with Crippen molar-refractivity contribution in [1.29, 1.82) is 0 Å². The van der Waals surface area contributed by atoms with Crippen LogP contribution in [0.5, 0.6) is 5.75 Å². The third-order valence-corrected chi connectivity index (χ3v) is 3.10. The highest BCUT2D eigenvalue weighted by Gasteiger charge is 2.17. The number of hydrogen-bond donors (Lipinski definition) is 1. The Labute approximate surface area is 118 Å². The molecule has 0 atom stereocenters. The first-order valence-corrected chi connectivity index (χ1v) is 6.31. The van der Waals surface area contributed by atoms with Gasteiger partial charge in [0.1, 0.15) is 5.75 Å². The van der Waals surface area contributed by atoms with Gasteiger partial charge in [0, 0.05) is 18.3 Å². The second-order valence-electron chi connectivity index (χ2n) is 4.67. The zero-order chi connectivity index (χ0) is 14.7. The molecule has 0 aliphatic carbocycles. The van der Waals surface area contributed by atoms with Crippen molar-refractivity contribution < 1.29 is 9.53 Å². The Morgan fingerprint density at radius 3 is 2.55 bits per heavy atom. The second-order valence-corrected chi connectivity index (χ2v) is 4.67. The zero-order valence-electron chi connectivity index (χ0n) is 11.9. The van der Waals surface area contributed by atoms with Crippen LogP contribution in [0.3, 0.4) is 0 Å². The van der Waals surface area contributed by atoms with Gasteiger partial charge >= 0.3 is 0 Å². The molecule has 0 bridgehead atoms. The van der Waals surface area contributed by atoms with Crippen molar-refractivity contribution in [2.45, 2.75) is 6.92 Å². The first-order chi connectivity index (χ1) is 9.52.